The van der Waals surface area contributed by atoms with E-state index in [-0.39, 0.29) is 19.6 Å². The molecule has 1 aliphatic heterocycles. The van der Waals surface area contributed by atoms with Gasteiger partial charge < -0.3 is 24.3 Å². The maximum Gasteiger partial charge on any atom is 0.509 e. The number of nitrogens with one attached hydrogen (secondary N) is 1. The number of hydrogen-bond acceptors (Lipinski definition) is 8. The van der Waals surface area contributed by atoms with Crippen molar-refractivity contribution in [2.75, 3.05) is 13.2 Å². The normalized spacial score (nSPS) is 21.8. The third-order valence-corrected chi connectivity index (χ3v) is 4.80. The first-order chi connectivity index (χ1) is 13.0. The summed E-state index contributed by atoms with van der Waals surface area (Å²) in [5, 5.41) is 0.898. The molecule has 1 fully saturated rings. The van der Waals surface area contributed by atoms with Gasteiger partial charge in [0.05, 0.1) is 5.25 Å². The van der Waals surface area contributed by atoms with Gasteiger partial charge in [-0.2, -0.15) is 13.2 Å². The summed E-state index contributed by atoms with van der Waals surface area (Å²) in [5.41, 5.74) is 0. The average Bonchev–Trinajstić information content (AvgIpc) is 2.90. The van der Waals surface area contributed by atoms with Gasteiger partial charge in [0.25, 0.3) is 0 Å². The Balaban J connectivity index is 3.10. The van der Waals surface area contributed by atoms with Gasteiger partial charge in [-0.05, 0) is 13.8 Å². The maximum absolute atomic E-state index is 13.4. The number of cyclic esters (lactones) is 2. The molecule has 0 spiro atoms. The molecule has 1 heterocycles. The Morgan fingerprint density at radius 2 is 1.82 bits per heavy atom. The van der Waals surface area contributed by atoms with E-state index in [0.29, 0.717) is 11.8 Å². The van der Waals surface area contributed by atoms with Gasteiger partial charge in [0.1, 0.15) is 6.10 Å². The number of ether oxygens (including phenoxy) is 4. The van der Waals surface area contributed by atoms with Crippen LogP contribution in [0, 0.1) is 0 Å². The second-order valence-corrected chi connectivity index (χ2v) is 7.57. The van der Waals surface area contributed by atoms with Crippen molar-refractivity contribution in [3.63, 3.8) is 0 Å². The van der Waals surface area contributed by atoms with E-state index in [0.717, 1.165) is 6.92 Å². The lowest BCUT2D eigenvalue weighted by atomic mass is 10.0. The summed E-state index contributed by atoms with van der Waals surface area (Å²) < 4.78 is 59.9. The van der Waals surface area contributed by atoms with E-state index in [1.54, 1.807) is 19.2 Å². The zero-order valence-corrected chi connectivity index (χ0v) is 17.1. The lowest BCUT2D eigenvalue weighted by Crippen LogP contribution is -2.55. The fourth-order valence-corrected chi connectivity index (χ4v) is 3.82. The van der Waals surface area contributed by atoms with Crippen molar-refractivity contribution in [1.29, 1.82) is 0 Å². The number of hydrogen-bond donors (Lipinski definition) is 2. The fourth-order valence-electron chi connectivity index (χ4n) is 2.60. The number of alkyl halides is 3. The Labute approximate surface area is 169 Å². The molecule has 13 heteroatoms. The van der Waals surface area contributed by atoms with E-state index >= 15 is 0 Å². The van der Waals surface area contributed by atoms with E-state index in [4.69, 9.17) is 14.2 Å². The van der Waals surface area contributed by atoms with E-state index in [1.165, 1.54) is 0 Å². The van der Waals surface area contributed by atoms with E-state index in [9.17, 15) is 27.6 Å². The summed E-state index contributed by atoms with van der Waals surface area (Å²) in [4.78, 5) is 34.2. The number of rotatable bonds is 10. The van der Waals surface area contributed by atoms with E-state index in [1.807, 2.05) is 0 Å². The van der Waals surface area contributed by atoms with Gasteiger partial charge in [-0.3, -0.25) is 9.59 Å². The Morgan fingerprint density at radius 1 is 1.25 bits per heavy atom. The minimum atomic E-state index is -4.90. The van der Waals surface area contributed by atoms with Gasteiger partial charge in [-0.1, -0.05) is 24.4 Å². The minimum absolute atomic E-state index is 0.212. The largest absolute Gasteiger partial charge is 0.509 e. The molecule has 1 saturated heterocycles. The first-order valence-electron chi connectivity index (χ1n) is 8.33. The van der Waals surface area contributed by atoms with Crippen LogP contribution in [0.5, 0.6) is 0 Å². The quantitative estimate of drug-likeness (QED) is 0.298. The lowest BCUT2D eigenvalue weighted by molar-refractivity contribution is -0.182. The summed E-state index contributed by atoms with van der Waals surface area (Å²) in [6.07, 6.45) is -10.7. The Kier molecular flexibility index (Phi) is 9.87. The second kappa shape index (κ2) is 11.1. The van der Waals surface area contributed by atoms with E-state index < -0.39 is 52.5 Å². The predicted molar refractivity (Wildman–Crippen MR) is 96.2 cm³/mol. The van der Waals surface area contributed by atoms with Crippen molar-refractivity contribution in [2.45, 2.75) is 63.2 Å². The van der Waals surface area contributed by atoms with Crippen LogP contribution in [0.3, 0.4) is 0 Å². The third-order valence-electron chi connectivity index (χ3n) is 3.57. The van der Waals surface area contributed by atoms with Gasteiger partial charge in [0, 0.05) is 26.6 Å². The maximum atomic E-state index is 13.4. The Morgan fingerprint density at radius 3 is 2.25 bits per heavy atom. The molecule has 0 aromatic rings. The molecule has 1 N–H and O–H groups in total. The van der Waals surface area contributed by atoms with Gasteiger partial charge in [-0.25, -0.2) is 4.79 Å². The van der Waals surface area contributed by atoms with Crippen molar-refractivity contribution in [3.05, 3.63) is 0 Å². The molecule has 4 atom stereocenters. The topological polar surface area (TPSA) is 100 Å². The number of halogens is 3. The molecular formula is C15H22F3NO7S2. The highest BCUT2D eigenvalue weighted by Gasteiger charge is 2.55. The summed E-state index contributed by atoms with van der Waals surface area (Å²) in [6, 6.07) is -2.48. The average molecular weight is 449 g/mol. The Hall–Kier alpha value is -1.18. The van der Waals surface area contributed by atoms with Crippen LogP contribution >= 0.6 is 24.4 Å². The molecule has 1 amide bonds. The molecule has 0 saturated carbocycles. The standard InChI is InChI=1S/C15H22F3NO7S2/c1-4-23-12(24-5-2)9(28-14(22)27)6-8-10(26-13(21)25-8)11(15(16,17)18)19-7(3)20/h8-12H,4-6H2,1-3H3,(H,19,20)(H,22,27). The highest BCUT2D eigenvalue weighted by molar-refractivity contribution is 8.32. The van der Waals surface area contributed by atoms with Gasteiger partial charge in [0.2, 0.25) is 10.4 Å². The number of thiol groups is 1. The number of thioether (sulfide) groups is 1. The molecule has 1 aliphatic rings. The second-order valence-electron chi connectivity index (χ2n) is 5.65. The van der Waals surface area contributed by atoms with Crippen molar-refractivity contribution >= 4 is 40.9 Å². The highest BCUT2D eigenvalue weighted by atomic mass is 32.2. The van der Waals surface area contributed by atoms with Crippen molar-refractivity contribution in [3.8, 4) is 0 Å². The van der Waals surface area contributed by atoms with E-state index in [2.05, 4.69) is 17.4 Å². The molecule has 162 valence electrons. The molecule has 0 aliphatic carbocycles. The van der Waals surface area contributed by atoms with Crippen molar-refractivity contribution in [2.24, 2.45) is 0 Å². The van der Waals surface area contributed by atoms with Gasteiger partial charge >= 0.3 is 12.3 Å². The molecular weight excluding hydrogens is 427 g/mol. The summed E-state index contributed by atoms with van der Waals surface area (Å²) >= 11 is 4.34. The lowest BCUT2D eigenvalue weighted by Gasteiger charge is -2.30. The molecule has 4 unspecified atom stereocenters. The van der Waals surface area contributed by atoms with Crippen LogP contribution in [0.2, 0.25) is 0 Å². The zero-order chi connectivity index (χ0) is 21.5. The van der Waals surface area contributed by atoms with Crippen LogP contribution in [-0.2, 0) is 23.7 Å². The minimum Gasteiger partial charge on any atom is -0.427 e. The van der Waals surface area contributed by atoms with Gasteiger partial charge in [0.15, 0.2) is 18.4 Å². The number of carbonyl (C=O) groups excluding carboxylic acids is 3. The smallest absolute Gasteiger partial charge is 0.427 e. The van der Waals surface area contributed by atoms with Crippen LogP contribution in [0.1, 0.15) is 27.2 Å². The van der Waals surface area contributed by atoms with Crippen LogP contribution in [0.25, 0.3) is 0 Å². The number of carbonyl (C=O) groups is 3. The molecule has 8 nitrogen and oxygen atoms in total. The highest BCUT2D eigenvalue weighted by Crippen LogP contribution is 2.35. The molecule has 1 rings (SSSR count). The zero-order valence-electron chi connectivity index (χ0n) is 15.4. The number of amides is 1. The summed E-state index contributed by atoms with van der Waals surface area (Å²) in [6.45, 7) is 4.68. The third kappa shape index (κ3) is 7.68. The van der Waals surface area contributed by atoms with Crippen LogP contribution in [0.15, 0.2) is 0 Å². The summed E-state index contributed by atoms with van der Waals surface area (Å²) in [5.74, 6) is -0.956. The first kappa shape index (κ1) is 24.9. The molecule has 28 heavy (non-hydrogen) atoms. The van der Waals surface area contributed by atoms with Crippen LogP contribution < -0.4 is 5.32 Å². The Bertz CT molecular complexity index is 558. The van der Waals surface area contributed by atoms with Crippen molar-refractivity contribution in [1.82, 2.24) is 5.32 Å². The van der Waals surface area contributed by atoms with Crippen LogP contribution in [0.4, 0.5) is 22.8 Å². The molecule has 0 aromatic heterocycles. The summed E-state index contributed by atoms with van der Waals surface area (Å²) in [7, 11) is 0. The van der Waals surface area contributed by atoms with Gasteiger partial charge in [-0.15, -0.1) is 0 Å². The molecule has 0 radical (unpaired) electrons. The SMILES string of the molecule is CCOC(OCC)C(CC1OC(=O)OC1C(NC(C)=O)C(F)(F)F)SC(=O)S. The monoisotopic (exact) mass is 449 g/mol. The first-order valence-corrected chi connectivity index (χ1v) is 9.66. The van der Waals surface area contributed by atoms with Crippen LogP contribution in [-0.4, -0.2) is 65.7 Å². The molecule has 0 aromatic carbocycles. The van der Waals surface area contributed by atoms with Crippen molar-refractivity contribution < 1.29 is 46.5 Å². The molecule has 0 bridgehead atoms. The predicted octanol–water partition coefficient (Wildman–Crippen LogP) is 2.90. The fraction of sp³-hybridized carbons (Fsp3) is 0.800.